The lowest BCUT2D eigenvalue weighted by Gasteiger charge is -2.07. The first-order valence-electron chi connectivity index (χ1n) is 9.51. The second-order valence-corrected chi connectivity index (χ2v) is 10.5. The fraction of sp³-hybridized carbons (Fsp3) is 0.136. The highest BCUT2D eigenvalue weighted by Crippen LogP contribution is 2.28. The van der Waals surface area contributed by atoms with E-state index in [1.54, 1.807) is 48.5 Å². The molecule has 0 atom stereocenters. The van der Waals surface area contributed by atoms with E-state index in [2.05, 4.69) is 10.2 Å². The summed E-state index contributed by atoms with van der Waals surface area (Å²) in [5.74, 6) is 0. The monoisotopic (exact) mass is 456 g/mol. The Kier molecular flexibility index (Phi) is 5.65. The molecule has 9 heteroatoms. The molecule has 0 aliphatic rings. The predicted molar refractivity (Wildman–Crippen MR) is 116 cm³/mol. The van der Waals surface area contributed by atoms with Crippen molar-refractivity contribution in [3.8, 4) is 0 Å². The summed E-state index contributed by atoms with van der Waals surface area (Å²) in [6.07, 6.45) is 0.248. The predicted octanol–water partition coefficient (Wildman–Crippen LogP) is 3.65. The zero-order chi connectivity index (χ0) is 22.1. The van der Waals surface area contributed by atoms with Crippen LogP contribution in [0.4, 0.5) is 0 Å². The quantitative estimate of drug-likeness (QED) is 0.426. The Hall–Kier alpha value is -3.01. The Morgan fingerprint density at radius 1 is 0.839 bits per heavy atom. The minimum atomic E-state index is -3.88. The third-order valence-electron chi connectivity index (χ3n) is 4.88. The van der Waals surface area contributed by atoms with Crippen LogP contribution < -0.4 is 0 Å². The van der Waals surface area contributed by atoms with Crippen molar-refractivity contribution < 1.29 is 21.0 Å². The number of aryl methyl sites for hydroxylation is 1. The molecule has 0 saturated carbocycles. The maximum absolute atomic E-state index is 13.0. The number of hydrogen-bond acceptors (Lipinski definition) is 6. The number of nitrogens with zero attached hydrogens (tertiary/aromatic N) is 1. The topological polar surface area (TPSA) is 106 Å². The van der Waals surface area contributed by atoms with Gasteiger partial charge in [0.25, 0.3) is 10.1 Å². The average molecular weight is 457 g/mol. The van der Waals surface area contributed by atoms with E-state index in [1.165, 1.54) is 24.3 Å². The SMILES string of the molecule is Cc1ccc(S(=O)(=O)OCCc2cccc3c(S(=O)(=O)c4ccccc4)[nH]nc23)cc1. The Labute approximate surface area is 180 Å². The van der Waals surface area contributed by atoms with Gasteiger partial charge in [-0.05, 0) is 49.2 Å². The van der Waals surface area contributed by atoms with Gasteiger partial charge in [-0.1, -0.05) is 48.0 Å². The first-order chi connectivity index (χ1) is 14.8. The van der Waals surface area contributed by atoms with Gasteiger partial charge in [-0.2, -0.15) is 13.5 Å². The van der Waals surface area contributed by atoms with E-state index in [4.69, 9.17) is 4.18 Å². The van der Waals surface area contributed by atoms with Crippen LogP contribution in [0.15, 0.2) is 87.6 Å². The normalized spacial score (nSPS) is 12.3. The van der Waals surface area contributed by atoms with Gasteiger partial charge in [0.1, 0.15) is 0 Å². The van der Waals surface area contributed by atoms with E-state index in [0.717, 1.165) is 5.56 Å². The maximum atomic E-state index is 13.0. The molecule has 0 saturated heterocycles. The molecule has 0 fully saturated rings. The largest absolute Gasteiger partial charge is 0.296 e. The molecule has 4 rings (SSSR count). The third kappa shape index (κ3) is 4.25. The molecule has 7 nitrogen and oxygen atoms in total. The van der Waals surface area contributed by atoms with Crippen molar-refractivity contribution in [3.05, 3.63) is 83.9 Å². The number of aromatic nitrogens is 2. The van der Waals surface area contributed by atoms with Gasteiger partial charge < -0.3 is 0 Å². The molecule has 4 aromatic rings. The maximum Gasteiger partial charge on any atom is 0.296 e. The highest BCUT2D eigenvalue weighted by Gasteiger charge is 2.23. The number of aromatic amines is 1. The van der Waals surface area contributed by atoms with Crippen molar-refractivity contribution in [1.29, 1.82) is 0 Å². The number of hydrogen-bond donors (Lipinski definition) is 1. The number of rotatable bonds is 7. The summed E-state index contributed by atoms with van der Waals surface area (Å²) >= 11 is 0. The van der Waals surface area contributed by atoms with Gasteiger partial charge in [-0.15, -0.1) is 0 Å². The summed E-state index contributed by atoms with van der Waals surface area (Å²) in [7, 11) is -7.65. The molecule has 1 aromatic heterocycles. The van der Waals surface area contributed by atoms with Crippen LogP contribution in [0.25, 0.3) is 10.9 Å². The summed E-state index contributed by atoms with van der Waals surface area (Å²) in [6.45, 7) is 1.77. The van der Waals surface area contributed by atoms with Crippen LogP contribution >= 0.6 is 0 Å². The van der Waals surface area contributed by atoms with E-state index in [-0.39, 0.29) is 27.8 Å². The zero-order valence-corrected chi connectivity index (χ0v) is 18.3. The number of H-pyrrole nitrogens is 1. The average Bonchev–Trinajstić information content (AvgIpc) is 3.20. The van der Waals surface area contributed by atoms with Gasteiger partial charge in [-0.3, -0.25) is 9.28 Å². The number of fused-ring (bicyclic) bond motifs is 1. The number of para-hydroxylation sites is 1. The highest BCUT2D eigenvalue weighted by molar-refractivity contribution is 7.91. The number of sulfone groups is 1. The van der Waals surface area contributed by atoms with Crippen molar-refractivity contribution in [2.24, 2.45) is 0 Å². The number of nitrogens with one attached hydrogen (secondary N) is 1. The van der Waals surface area contributed by atoms with Crippen LogP contribution in [0.5, 0.6) is 0 Å². The molecule has 3 aromatic carbocycles. The second kappa shape index (κ2) is 8.26. The van der Waals surface area contributed by atoms with Crippen LogP contribution in [0.3, 0.4) is 0 Å². The molecule has 0 aliphatic carbocycles. The summed E-state index contributed by atoms with van der Waals surface area (Å²) in [6, 6.07) is 19.7. The lowest BCUT2D eigenvalue weighted by molar-refractivity contribution is 0.322. The molecule has 0 unspecified atom stereocenters. The fourth-order valence-electron chi connectivity index (χ4n) is 3.23. The van der Waals surface area contributed by atoms with E-state index < -0.39 is 20.0 Å². The van der Waals surface area contributed by atoms with Gasteiger partial charge in [0, 0.05) is 5.39 Å². The van der Waals surface area contributed by atoms with Crippen LogP contribution in [-0.2, 0) is 30.6 Å². The summed E-state index contributed by atoms with van der Waals surface area (Å²) in [5.41, 5.74) is 2.10. The molecular weight excluding hydrogens is 436 g/mol. The van der Waals surface area contributed by atoms with Crippen molar-refractivity contribution >= 4 is 30.9 Å². The van der Waals surface area contributed by atoms with E-state index >= 15 is 0 Å². The van der Waals surface area contributed by atoms with E-state index in [0.29, 0.717) is 16.5 Å². The molecule has 0 spiro atoms. The van der Waals surface area contributed by atoms with Crippen molar-refractivity contribution in [1.82, 2.24) is 10.2 Å². The first kappa shape index (κ1) is 21.2. The van der Waals surface area contributed by atoms with Gasteiger partial charge in [0.15, 0.2) is 5.03 Å². The van der Waals surface area contributed by atoms with Crippen LogP contribution in [0.2, 0.25) is 0 Å². The van der Waals surface area contributed by atoms with Gasteiger partial charge in [-0.25, -0.2) is 8.42 Å². The molecule has 0 bridgehead atoms. The lowest BCUT2D eigenvalue weighted by Crippen LogP contribution is -2.09. The summed E-state index contributed by atoms with van der Waals surface area (Å²) in [5, 5.41) is 7.27. The molecular formula is C22H20N2O5S2. The Morgan fingerprint density at radius 3 is 2.26 bits per heavy atom. The second-order valence-electron chi connectivity index (χ2n) is 7.02. The van der Waals surface area contributed by atoms with Crippen molar-refractivity contribution in [2.45, 2.75) is 28.2 Å². The number of benzene rings is 3. The molecule has 160 valence electrons. The van der Waals surface area contributed by atoms with Crippen molar-refractivity contribution in [3.63, 3.8) is 0 Å². The smallest absolute Gasteiger partial charge is 0.266 e. The van der Waals surface area contributed by atoms with E-state index in [1.807, 2.05) is 6.92 Å². The van der Waals surface area contributed by atoms with Gasteiger partial charge in [0.05, 0.1) is 21.9 Å². The first-order valence-corrected chi connectivity index (χ1v) is 12.4. The van der Waals surface area contributed by atoms with E-state index in [9.17, 15) is 16.8 Å². The standard InChI is InChI=1S/C22H20N2O5S2/c1-16-10-12-19(13-11-16)31(27,28)29-15-14-17-6-5-9-20-21(17)23-24-22(20)30(25,26)18-7-3-2-4-8-18/h2-13H,14-15H2,1H3,(H,23,24). The minimum Gasteiger partial charge on any atom is -0.266 e. The molecule has 1 heterocycles. The minimum absolute atomic E-state index is 0.00347. The van der Waals surface area contributed by atoms with Crippen LogP contribution in [-0.4, -0.2) is 33.6 Å². The summed E-state index contributed by atoms with van der Waals surface area (Å²) < 4.78 is 55.8. The molecule has 31 heavy (non-hydrogen) atoms. The van der Waals surface area contributed by atoms with Crippen molar-refractivity contribution in [2.75, 3.05) is 6.61 Å². The molecule has 1 N–H and O–H groups in total. The Bertz CT molecular complexity index is 1430. The van der Waals surface area contributed by atoms with Gasteiger partial charge >= 0.3 is 0 Å². The zero-order valence-electron chi connectivity index (χ0n) is 16.6. The van der Waals surface area contributed by atoms with Crippen LogP contribution in [0.1, 0.15) is 11.1 Å². The highest BCUT2D eigenvalue weighted by atomic mass is 32.2. The van der Waals surface area contributed by atoms with Crippen LogP contribution in [0, 0.1) is 6.92 Å². The molecule has 0 radical (unpaired) electrons. The summed E-state index contributed by atoms with van der Waals surface area (Å²) in [4.78, 5) is 0.255. The van der Waals surface area contributed by atoms with Gasteiger partial charge in [0.2, 0.25) is 9.84 Å². The molecule has 0 amide bonds. The third-order valence-corrected chi connectivity index (χ3v) is 7.94. The molecule has 0 aliphatic heterocycles. The Balaban J connectivity index is 1.57. The lowest BCUT2D eigenvalue weighted by atomic mass is 10.1. The fourth-order valence-corrected chi connectivity index (χ4v) is 5.51. The Morgan fingerprint density at radius 2 is 1.55 bits per heavy atom.